The number of aromatic nitrogens is 4. The molecule has 0 aliphatic rings. The first kappa shape index (κ1) is 47.3. The van der Waals surface area contributed by atoms with Crippen molar-refractivity contribution in [3.63, 3.8) is 0 Å². The van der Waals surface area contributed by atoms with E-state index in [1.165, 1.54) is 0 Å². The highest BCUT2D eigenvalue weighted by Gasteiger charge is 2.20. The van der Waals surface area contributed by atoms with Gasteiger partial charge in [-0.25, -0.2) is 19.6 Å². The number of nitrogens with zero attached hydrogens (tertiary/aromatic N) is 4. The van der Waals surface area contributed by atoms with Gasteiger partial charge in [-0.05, 0) is 97.8 Å². The van der Waals surface area contributed by atoms with E-state index in [1.54, 1.807) is 105 Å². The molecule has 2 unspecified atom stereocenters. The van der Waals surface area contributed by atoms with Crippen molar-refractivity contribution in [1.29, 1.82) is 0 Å². The summed E-state index contributed by atoms with van der Waals surface area (Å²) in [6.07, 6.45) is -2.50. The van der Waals surface area contributed by atoms with E-state index < -0.39 is 24.4 Å². The summed E-state index contributed by atoms with van der Waals surface area (Å²) in [7, 11) is 9.41. The summed E-state index contributed by atoms with van der Waals surface area (Å²) in [5.41, 5.74) is 3.53. The van der Waals surface area contributed by atoms with Crippen LogP contribution in [0.3, 0.4) is 0 Å². The molecular formula is C46H54N10O10. The second-order valence-electron chi connectivity index (χ2n) is 14.5. The first-order valence-electron chi connectivity index (χ1n) is 20.7. The van der Waals surface area contributed by atoms with Crippen molar-refractivity contribution >= 4 is 58.1 Å². The molecule has 2 aromatic heterocycles. The lowest BCUT2D eigenvalue weighted by molar-refractivity contribution is 0.125. The lowest BCUT2D eigenvalue weighted by atomic mass is 10.2. The Morgan fingerprint density at radius 2 is 0.848 bits per heavy atom. The van der Waals surface area contributed by atoms with Gasteiger partial charge in [0, 0.05) is 24.5 Å². The van der Waals surface area contributed by atoms with Crippen LogP contribution >= 0.6 is 0 Å². The van der Waals surface area contributed by atoms with Crippen molar-refractivity contribution in [3.05, 3.63) is 96.1 Å². The molecule has 0 saturated heterocycles. The van der Waals surface area contributed by atoms with Gasteiger partial charge in [0.1, 0.15) is 34.7 Å². The van der Waals surface area contributed by atoms with Crippen LogP contribution in [0.2, 0.25) is 0 Å². The summed E-state index contributed by atoms with van der Waals surface area (Å²) in [6, 6.07) is 24.9. The highest BCUT2D eigenvalue weighted by molar-refractivity contribution is 5.94. The fourth-order valence-electron chi connectivity index (χ4n) is 6.34. The Hall–Kier alpha value is -8.16. The van der Waals surface area contributed by atoms with Crippen molar-refractivity contribution in [2.75, 3.05) is 87.6 Å². The maximum absolute atomic E-state index is 12.8. The van der Waals surface area contributed by atoms with Crippen LogP contribution in [-0.4, -0.2) is 100 Å². The lowest BCUT2D eigenvalue weighted by Gasteiger charge is -2.18. The molecule has 6 N–H and O–H groups in total. The Morgan fingerprint density at radius 3 is 1.20 bits per heavy atom. The summed E-state index contributed by atoms with van der Waals surface area (Å²) in [5, 5.41) is 18.7. The normalized spacial score (nSPS) is 11.6. The van der Waals surface area contributed by atoms with Crippen molar-refractivity contribution in [2.24, 2.45) is 0 Å². The second-order valence-corrected chi connectivity index (χ2v) is 14.5. The minimum atomic E-state index is -0.640. The molecule has 6 aromatic rings. The third kappa shape index (κ3) is 13.0. The van der Waals surface area contributed by atoms with Gasteiger partial charge in [0.15, 0.2) is 34.6 Å². The first-order chi connectivity index (χ1) is 32.0. The number of hydrogen-bond acceptors (Lipinski definition) is 18. The minimum Gasteiger partial charge on any atom is -0.497 e. The number of benzene rings is 4. The smallest absolute Gasteiger partial charge is 0.411 e. The largest absolute Gasteiger partial charge is 0.497 e. The predicted octanol–water partition coefficient (Wildman–Crippen LogP) is 7.79. The van der Waals surface area contributed by atoms with Crippen molar-refractivity contribution < 1.29 is 47.5 Å². The van der Waals surface area contributed by atoms with Crippen LogP contribution in [0.25, 0.3) is 11.0 Å². The van der Waals surface area contributed by atoms with E-state index >= 15 is 0 Å². The van der Waals surface area contributed by atoms with Gasteiger partial charge >= 0.3 is 12.2 Å². The quantitative estimate of drug-likeness (QED) is 0.0381. The Morgan fingerprint density at radius 1 is 0.470 bits per heavy atom. The molecule has 348 valence electrons. The van der Waals surface area contributed by atoms with Crippen LogP contribution in [0.15, 0.2) is 84.9 Å². The molecule has 0 aliphatic carbocycles. The maximum Gasteiger partial charge on any atom is 0.411 e. The zero-order chi connectivity index (χ0) is 47.0. The van der Waals surface area contributed by atoms with Gasteiger partial charge in [-0.3, -0.25) is 10.6 Å². The number of anilines is 6. The fraction of sp³-hybridized carbons (Fsp3) is 0.304. The number of nitrogens with one attached hydrogen (secondary N) is 6. The Labute approximate surface area is 382 Å². The molecule has 0 fully saturated rings. The van der Waals surface area contributed by atoms with Crippen LogP contribution < -0.4 is 60.3 Å². The average molecular weight is 907 g/mol. The molecule has 2 heterocycles. The van der Waals surface area contributed by atoms with Gasteiger partial charge in [-0.1, -0.05) is 12.1 Å². The number of amides is 2. The number of hydrogen-bond donors (Lipinski definition) is 6. The Bertz CT molecular complexity index is 2390. The van der Waals surface area contributed by atoms with Crippen LogP contribution in [0, 0.1) is 0 Å². The zero-order valence-electron chi connectivity index (χ0n) is 37.9. The minimum absolute atomic E-state index is 0.148. The number of ether oxygens (including phenoxy) is 8. The van der Waals surface area contributed by atoms with E-state index in [0.717, 1.165) is 11.1 Å². The number of carbonyl (C=O) groups is 2. The molecule has 2 atom stereocenters. The molecule has 0 aliphatic heterocycles. The molecule has 0 bridgehead atoms. The fourth-order valence-corrected chi connectivity index (χ4v) is 6.34. The number of carbonyl (C=O) groups excluding carboxylic acids is 2. The lowest BCUT2D eigenvalue weighted by Crippen LogP contribution is -2.27. The summed E-state index contributed by atoms with van der Waals surface area (Å²) < 4.78 is 43.6. The molecule has 66 heavy (non-hydrogen) atoms. The SMILES string of the molecule is COc1ccc(NC(=O)OC(C)CNc2nc(NCc3ccc(OC)c(OC)c3)c3nc(NCC(C)OC(=O)Nc4ccc(OC)cc4)nc(NCc4ccc(OC)c(OC)c4)c3n2)cc1. The molecule has 0 saturated carbocycles. The number of rotatable bonds is 22. The van der Waals surface area contributed by atoms with E-state index in [1.807, 2.05) is 36.4 Å². The second kappa shape index (κ2) is 23.0. The summed E-state index contributed by atoms with van der Waals surface area (Å²) in [5.74, 6) is 4.70. The van der Waals surface area contributed by atoms with Crippen molar-refractivity contribution in [3.8, 4) is 34.5 Å². The van der Waals surface area contributed by atoms with Gasteiger partial charge in [-0.2, -0.15) is 9.97 Å². The van der Waals surface area contributed by atoms with Gasteiger partial charge in [-0.15, -0.1) is 0 Å². The molecule has 4 aromatic carbocycles. The summed E-state index contributed by atoms with van der Waals surface area (Å²) >= 11 is 0. The van der Waals surface area contributed by atoms with E-state index in [0.29, 0.717) is 81.6 Å². The van der Waals surface area contributed by atoms with Gasteiger partial charge in [0.25, 0.3) is 0 Å². The Kier molecular flexibility index (Phi) is 16.5. The van der Waals surface area contributed by atoms with E-state index in [4.69, 9.17) is 57.8 Å². The maximum atomic E-state index is 12.8. The highest BCUT2D eigenvalue weighted by Crippen LogP contribution is 2.32. The Balaban J connectivity index is 1.28. The van der Waals surface area contributed by atoms with Crippen LogP contribution in [0.1, 0.15) is 25.0 Å². The van der Waals surface area contributed by atoms with E-state index in [-0.39, 0.29) is 25.0 Å². The van der Waals surface area contributed by atoms with Gasteiger partial charge < -0.3 is 59.2 Å². The van der Waals surface area contributed by atoms with Crippen LogP contribution in [0.5, 0.6) is 34.5 Å². The van der Waals surface area contributed by atoms with Crippen molar-refractivity contribution in [1.82, 2.24) is 19.9 Å². The summed E-state index contributed by atoms with van der Waals surface area (Å²) in [6.45, 7) is 4.37. The molecule has 0 radical (unpaired) electrons. The predicted molar refractivity (Wildman–Crippen MR) is 251 cm³/mol. The zero-order valence-corrected chi connectivity index (χ0v) is 37.9. The van der Waals surface area contributed by atoms with E-state index in [2.05, 4.69) is 31.9 Å². The topological polar surface area (TPSA) is 232 Å². The average Bonchev–Trinajstić information content (AvgIpc) is 3.33. The van der Waals surface area contributed by atoms with Crippen molar-refractivity contribution in [2.45, 2.75) is 39.1 Å². The highest BCUT2D eigenvalue weighted by atomic mass is 16.6. The molecule has 0 spiro atoms. The molecule has 2 amide bonds. The molecule has 20 heteroatoms. The standard InChI is InChI=1S/C46H54N10O10/c1-27(65-45(57)51-31-11-15-33(59-3)16-12-31)23-49-43-53-39-40(41(55-43)47-25-29-9-19-35(61-5)37(21-29)63-7)54-44(56-42(39)48-26-30-10-20-36(62-6)38(22-30)64-8)50-24-28(2)66-46(58)52-32-13-17-34(60-4)18-14-32/h9-22,27-28H,23-26H2,1-8H3,(H,51,57)(H,52,58)(H2,47,49,53,55)(H2,48,50,54,56). The molecule has 20 nitrogen and oxygen atoms in total. The van der Waals surface area contributed by atoms with E-state index in [9.17, 15) is 9.59 Å². The number of fused-ring (bicyclic) bond motifs is 1. The molecular weight excluding hydrogens is 853 g/mol. The van der Waals surface area contributed by atoms with Crippen LogP contribution in [-0.2, 0) is 22.6 Å². The van der Waals surface area contributed by atoms with Gasteiger partial charge in [0.2, 0.25) is 11.9 Å². The molecule has 6 rings (SSSR count). The first-order valence-corrected chi connectivity index (χ1v) is 20.7. The van der Waals surface area contributed by atoms with Crippen LogP contribution in [0.4, 0.5) is 44.5 Å². The number of methoxy groups -OCH3 is 6. The third-order valence-electron chi connectivity index (χ3n) is 9.74. The van der Waals surface area contributed by atoms with Gasteiger partial charge in [0.05, 0.1) is 55.7 Å². The monoisotopic (exact) mass is 906 g/mol. The third-order valence-corrected chi connectivity index (χ3v) is 9.74. The summed E-state index contributed by atoms with van der Waals surface area (Å²) in [4.78, 5) is 45.0.